The Labute approximate surface area is 308 Å². The third-order valence-electron chi connectivity index (χ3n) is 6.81. The van der Waals surface area contributed by atoms with Crippen molar-refractivity contribution in [2.24, 2.45) is 0 Å². The molecule has 2 saturated carbocycles. The first-order valence-corrected chi connectivity index (χ1v) is 24.6. The van der Waals surface area contributed by atoms with E-state index in [-0.39, 0.29) is 12.2 Å². The molecule has 2 aliphatic carbocycles. The monoisotopic (exact) mass is 772 g/mol. The van der Waals surface area contributed by atoms with Gasteiger partial charge in [-0.1, -0.05) is 0 Å². The van der Waals surface area contributed by atoms with E-state index in [0.29, 0.717) is 0 Å². The van der Waals surface area contributed by atoms with Crippen LogP contribution in [0.15, 0.2) is 0 Å². The van der Waals surface area contributed by atoms with Crippen LogP contribution in [0.3, 0.4) is 0 Å². The summed E-state index contributed by atoms with van der Waals surface area (Å²) in [6.07, 6.45) is 9.61. The molecule has 0 unspecified atom stereocenters. The summed E-state index contributed by atoms with van der Waals surface area (Å²) >= 11 is -5.25. The Morgan fingerprint density at radius 3 is 0.735 bits per heavy atom. The van der Waals surface area contributed by atoms with Gasteiger partial charge in [-0.3, -0.25) is 0 Å². The Morgan fingerprint density at radius 2 is 0.551 bits per heavy atom. The first-order chi connectivity index (χ1) is 21.8. The molecule has 10 nitrogen and oxygen atoms in total. The molecule has 0 N–H and O–H groups in total. The maximum atomic E-state index is 7.45. The number of rotatable bonds is 14. The summed E-state index contributed by atoms with van der Waals surface area (Å²) in [5, 5.41) is 0. The van der Waals surface area contributed by atoms with Gasteiger partial charge in [-0.2, -0.15) is 0 Å². The van der Waals surface area contributed by atoms with Gasteiger partial charge in [0.05, 0.1) is 0 Å². The molecular weight excluding hydrogens is 696 g/mol. The standard InChI is InChI=1S/2C12H27O4Si.2C6H11O.Ti/c2*1-10(2,3)14-17(13,15-11(4,5)6)16-12(7,8)9;2*7-6-4-2-1-3-5-6;/h2*1-9H3;2*6H,1-5H2;/q4*-1;+4. The minimum absolute atomic E-state index is 0.159. The second-order valence-corrected chi connectivity index (χ2v) is 27.6. The first-order valence-electron chi connectivity index (χ1n) is 18.8. The minimum atomic E-state index is -5.25. The van der Waals surface area contributed by atoms with Crippen molar-refractivity contribution in [3.8, 4) is 0 Å². The third kappa shape index (κ3) is 19.1. The van der Waals surface area contributed by atoms with Crippen molar-refractivity contribution in [3.63, 3.8) is 0 Å². The summed E-state index contributed by atoms with van der Waals surface area (Å²) in [6, 6.07) is 0. The van der Waals surface area contributed by atoms with Gasteiger partial charge in [-0.15, -0.1) is 0 Å². The summed E-state index contributed by atoms with van der Waals surface area (Å²) < 4.78 is 70.9. The Kier molecular flexibility index (Phi) is 16.0. The molecule has 0 aromatic rings. The maximum absolute atomic E-state index is 7.45. The van der Waals surface area contributed by atoms with Crippen molar-refractivity contribution in [3.05, 3.63) is 0 Å². The molecule has 0 radical (unpaired) electrons. The van der Waals surface area contributed by atoms with Crippen LogP contribution in [0, 0.1) is 0 Å². The van der Waals surface area contributed by atoms with Gasteiger partial charge in [-0.25, -0.2) is 0 Å². The fourth-order valence-electron chi connectivity index (χ4n) is 5.73. The Bertz CT molecular complexity index is 829. The predicted molar refractivity (Wildman–Crippen MR) is 195 cm³/mol. The summed E-state index contributed by atoms with van der Waals surface area (Å²) in [4.78, 5) is 0. The Balaban J connectivity index is 3.03. The molecule has 0 saturated heterocycles. The van der Waals surface area contributed by atoms with Crippen LogP contribution < -0.4 is 0 Å². The molecule has 49 heavy (non-hydrogen) atoms. The van der Waals surface area contributed by atoms with Gasteiger partial charge in [0.25, 0.3) is 0 Å². The molecule has 0 amide bonds. The van der Waals surface area contributed by atoms with E-state index in [2.05, 4.69) is 0 Å². The van der Waals surface area contributed by atoms with Crippen LogP contribution in [0.5, 0.6) is 0 Å². The van der Waals surface area contributed by atoms with Crippen LogP contribution in [0.1, 0.15) is 189 Å². The van der Waals surface area contributed by atoms with E-state index < -0.39 is 69.8 Å². The van der Waals surface area contributed by atoms with Crippen LogP contribution in [-0.4, -0.2) is 63.9 Å². The second-order valence-electron chi connectivity index (χ2n) is 19.7. The van der Waals surface area contributed by atoms with Gasteiger partial charge in [0.15, 0.2) is 0 Å². The van der Waals surface area contributed by atoms with Crippen LogP contribution in [0.25, 0.3) is 0 Å². The molecule has 0 spiro atoms. The van der Waals surface area contributed by atoms with E-state index in [1.54, 1.807) is 0 Å². The van der Waals surface area contributed by atoms with Crippen molar-refractivity contribution in [2.75, 3.05) is 0 Å². The van der Waals surface area contributed by atoms with Gasteiger partial charge < -0.3 is 0 Å². The van der Waals surface area contributed by atoms with Crippen molar-refractivity contribution in [1.29, 1.82) is 0 Å². The first kappa shape index (κ1) is 45.9. The van der Waals surface area contributed by atoms with Gasteiger partial charge in [0, 0.05) is 0 Å². The quantitative estimate of drug-likeness (QED) is 0.159. The zero-order chi connectivity index (χ0) is 37.8. The average molecular weight is 773 g/mol. The summed E-state index contributed by atoms with van der Waals surface area (Å²) in [7, 11) is -8.44. The molecule has 2 rings (SSSR count). The molecule has 292 valence electrons. The second kappa shape index (κ2) is 17.0. The van der Waals surface area contributed by atoms with E-state index in [1.807, 2.05) is 125 Å². The average Bonchev–Trinajstić information content (AvgIpc) is 2.77. The molecule has 0 aliphatic heterocycles. The normalized spacial score (nSPS) is 19.5. The van der Waals surface area contributed by atoms with Crippen molar-refractivity contribution >= 4 is 18.1 Å². The summed E-state index contributed by atoms with van der Waals surface area (Å²) in [6.45, 7) is 35.6. The van der Waals surface area contributed by atoms with Crippen molar-refractivity contribution in [2.45, 2.75) is 235 Å². The van der Waals surface area contributed by atoms with Crippen LogP contribution >= 0.6 is 0 Å². The number of hydrogen-bond acceptors (Lipinski definition) is 10. The molecule has 13 heteroatoms. The third-order valence-corrected chi connectivity index (χ3v) is 19.6. The molecule has 2 fully saturated rings. The molecule has 2 aliphatic rings. The van der Waals surface area contributed by atoms with Crippen LogP contribution in [0.2, 0.25) is 0 Å². The van der Waals surface area contributed by atoms with Gasteiger partial charge in [-0.05, 0) is 0 Å². The van der Waals surface area contributed by atoms with E-state index in [0.717, 1.165) is 64.2 Å². The molecule has 0 aromatic heterocycles. The predicted octanol–water partition coefficient (Wildman–Crippen LogP) is 10.3. The fourth-order valence-corrected chi connectivity index (χ4v) is 19.3. The molecule has 0 heterocycles. The van der Waals surface area contributed by atoms with Crippen LogP contribution in [-0.2, 0) is 57.3 Å². The zero-order valence-electron chi connectivity index (χ0n) is 34.8. The Morgan fingerprint density at radius 1 is 0.347 bits per heavy atom. The SMILES string of the molecule is CC(C)(C)O[Si](OC(C)(C)C)(OC(C)(C)C)[O][Ti]([O]C1CCCCC1)([O]C1CCCCC1)[O][Si](OC(C)(C)C)(OC(C)(C)C)OC(C)(C)C. The van der Waals surface area contributed by atoms with Gasteiger partial charge >= 0.3 is 310 Å². The van der Waals surface area contributed by atoms with Crippen molar-refractivity contribution in [1.82, 2.24) is 0 Å². The molecule has 0 aromatic carbocycles. The van der Waals surface area contributed by atoms with E-state index in [9.17, 15) is 0 Å². The Hall–Kier alpha value is 0.748. The fraction of sp³-hybridized carbons (Fsp3) is 1.00. The topological polar surface area (TPSA) is 92.3 Å². The zero-order valence-corrected chi connectivity index (χ0v) is 38.4. The van der Waals surface area contributed by atoms with E-state index in [4.69, 9.17) is 39.2 Å². The van der Waals surface area contributed by atoms with Gasteiger partial charge in [0.1, 0.15) is 0 Å². The van der Waals surface area contributed by atoms with Gasteiger partial charge in [0.2, 0.25) is 0 Å². The molecule has 0 atom stereocenters. The van der Waals surface area contributed by atoms with Crippen LogP contribution in [0.4, 0.5) is 0 Å². The summed E-state index contributed by atoms with van der Waals surface area (Å²) in [5.74, 6) is 0. The van der Waals surface area contributed by atoms with E-state index >= 15 is 0 Å². The molecule has 0 bridgehead atoms. The van der Waals surface area contributed by atoms with E-state index in [1.165, 1.54) is 0 Å². The number of hydrogen-bond donors (Lipinski definition) is 0. The summed E-state index contributed by atoms with van der Waals surface area (Å²) in [5.41, 5.74) is -4.29. The molecular formula is C36H76O10Si2Ti. The van der Waals surface area contributed by atoms with Crippen molar-refractivity contribution < 1.29 is 57.3 Å².